The monoisotopic (exact) mass is 250 g/mol. The third-order valence-corrected chi connectivity index (χ3v) is 2.15. The van der Waals surface area contributed by atoms with E-state index in [2.05, 4.69) is 15.0 Å². The summed E-state index contributed by atoms with van der Waals surface area (Å²) in [5.74, 6) is -3.08. The molecule has 2 aromatic rings. The maximum Gasteiger partial charge on any atom is 0.340 e. The van der Waals surface area contributed by atoms with Crippen LogP contribution >= 0.6 is 0 Å². The lowest BCUT2D eigenvalue weighted by Gasteiger charge is -2.07. The van der Waals surface area contributed by atoms with Gasteiger partial charge in [0, 0.05) is 6.07 Å². The van der Waals surface area contributed by atoms with E-state index >= 15 is 0 Å². The van der Waals surface area contributed by atoms with Crippen molar-refractivity contribution in [2.75, 3.05) is 5.32 Å². The number of benzene rings is 1. The van der Waals surface area contributed by atoms with Gasteiger partial charge in [0.05, 0.1) is 5.69 Å². The standard InChI is InChI=1S/C11H7FN2O4/c12-6-2-1-3-7(9(6)11(16)17)13-10(15)8-4-5-18-14-8/h1-5H,(H,13,15)(H,16,17). The van der Waals surface area contributed by atoms with Crippen LogP contribution in [0, 0.1) is 5.82 Å². The molecule has 0 aliphatic carbocycles. The van der Waals surface area contributed by atoms with Gasteiger partial charge in [0.2, 0.25) is 0 Å². The molecule has 0 atom stereocenters. The van der Waals surface area contributed by atoms with Crippen LogP contribution in [0.1, 0.15) is 20.8 Å². The number of aromatic carboxylic acids is 1. The molecule has 0 saturated carbocycles. The smallest absolute Gasteiger partial charge is 0.340 e. The molecule has 1 heterocycles. The van der Waals surface area contributed by atoms with Crippen molar-refractivity contribution in [2.45, 2.75) is 0 Å². The number of carbonyl (C=O) groups is 2. The van der Waals surface area contributed by atoms with Gasteiger partial charge in [-0.05, 0) is 12.1 Å². The zero-order valence-corrected chi connectivity index (χ0v) is 8.88. The molecule has 0 spiro atoms. The highest BCUT2D eigenvalue weighted by molar-refractivity contribution is 6.06. The fourth-order valence-electron chi connectivity index (χ4n) is 1.36. The van der Waals surface area contributed by atoms with E-state index in [1.807, 2.05) is 0 Å². The second-order valence-electron chi connectivity index (χ2n) is 3.31. The lowest BCUT2D eigenvalue weighted by Crippen LogP contribution is -2.16. The normalized spacial score (nSPS) is 10.1. The number of nitrogens with one attached hydrogen (secondary N) is 1. The van der Waals surface area contributed by atoms with Crippen molar-refractivity contribution in [2.24, 2.45) is 0 Å². The highest BCUT2D eigenvalue weighted by atomic mass is 19.1. The van der Waals surface area contributed by atoms with Crippen LogP contribution in [0.2, 0.25) is 0 Å². The number of hydrogen-bond acceptors (Lipinski definition) is 4. The van der Waals surface area contributed by atoms with Crippen LogP contribution in [0.5, 0.6) is 0 Å². The van der Waals surface area contributed by atoms with Crippen molar-refractivity contribution in [3.8, 4) is 0 Å². The third kappa shape index (κ3) is 2.19. The number of rotatable bonds is 3. The Balaban J connectivity index is 2.32. The number of anilines is 1. The second kappa shape index (κ2) is 4.66. The molecule has 0 radical (unpaired) electrons. The predicted molar refractivity (Wildman–Crippen MR) is 57.8 cm³/mol. The van der Waals surface area contributed by atoms with Crippen LogP contribution in [0.15, 0.2) is 35.1 Å². The SMILES string of the molecule is O=C(Nc1cccc(F)c1C(=O)O)c1ccon1. The Hall–Kier alpha value is -2.70. The van der Waals surface area contributed by atoms with Crippen LogP contribution in [0.25, 0.3) is 0 Å². The molecule has 0 bridgehead atoms. The molecule has 0 saturated heterocycles. The molecule has 0 aliphatic rings. The lowest BCUT2D eigenvalue weighted by molar-refractivity contribution is 0.0693. The Morgan fingerprint density at radius 2 is 2.11 bits per heavy atom. The van der Waals surface area contributed by atoms with Gasteiger partial charge in [-0.1, -0.05) is 11.2 Å². The Bertz CT molecular complexity index is 595. The number of carbonyl (C=O) groups excluding carboxylic acids is 1. The topological polar surface area (TPSA) is 92.4 Å². The minimum atomic E-state index is -1.47. The highest BCUT2D eigenvalue weighted by Crippen LogP contribution is 2.19. The predicted octanol–water partition coefficient (Wildman–Crippen LogP) is 1.76. The summed E-state index contributed by atoms with van der Waals surface area (Å²) in [6, 6.07) is 4.87. The summed E-state index contributed by atoms with van der Waals surface area (Å²) < 4.78 is 17.8. The summed E-state index contributed by atoms with van der Waals surface area (Å²) in [4.78, 5) is 22.5. The van der Waals surface area contributed by atoms with E-state index in [0.29, 0.717) is 0 Å². The van der Waals surface area contributed by atoms with Gasteiger partial charge in [0.1, 0.15) is 17.6 Å². The average molecular weight is 250 g/mol. The first-order chi connectivity index (χ1) is 8.59. The third-order valence-electron chi connectivity index (χ3n) is 2.15. The van der Waals surface area contributed by atoms with Crippen molar-refractivity contribution in [1.29, 1.82) is 0 Å². The molecule has 1 aromatic carbocycles. The van der Waals surface area contributed by atoms with Crippen LogP contribution in [0.3, 0.4) is 0 Å². The number of aromatic nitrogens is 1. The van der Waals surface area contributed by atoms with E-state index < -0.39 is 23.3 Å². The molecule has 2 rings (SSSR count). The van der Waals surface area contributed by atoms with Gasteiger partial charge in [-0.3, -0.25) is 4.79 Å². The first-order valence-electron chi connectivity index (χ1n) is 4.83. The number of carboxylic acids is 1. The van der Waals surface area contributed by atoms with E-state index in [1.165, 1.54) is 24.5 Å². The lowest BCUT2D eigenvalue weighted by atomic mass is 10.1. The van der Waals surface area contributed by atoms with Gasteiger partial charge < -0.3 is 14.9 Å². The quantitative estimate of drug-likeness (QED) is 0.865. The largest absolute Gasteiger partial charge is 0.478 e. The van der Waals surface area contributed by atoms with Crippen LogP contribution in [0.4, 0.5) is 10.1 Å². The molecule has 0 fully saturated rings. The zero-order valence-electron chi connectivity index (χ0n) is 8.88. The van der Waals surface area contributed by atoms with Gasteiger partial charge in [0.25, 0.3) is 5.91 Å². The Morgan fingerprint density at radius 1 is 1.33 bits per heavy atom. The number of carboxylic acid groups (broad SMARTS) is 1. The Kier molecular flexibility index (Phi) is 3.05. The summed E-state index contributed by atoms with van der Waals surface area (Å²) in [6.07, 6.45) is 1.19. The van der Waals surface area contributed by atoms with Gasteiger partial charge in [-0.15, -0.1) is 0 Å². The maximum atomic E-state index is 13.3. The van der Waals surface area contributed by atoms with E-state index in [0.717, 1.165) is 6.07 Å². The molecular weight excluding hydrogens is 243 g/mol. The van der Waals surface area contributed by atoms with E-state index in [4.69, 9.17) is 5.11 Å². The van der Waals surface area contributed by atoms with Gasteiger partial charge in [0.15, 0.2) is 5.69 Å². The van der Waals surface area contributed by atoms with Crippen LogP contribution < -0.4 is 5.32 Å². The number of nitrogens with zero attached hydrogens (tertiary/aromatic N) is 1. The summed E-state index contributed by atoms with van der Waals surface area (Å²) in [5, 5.41) is 14.5. The Labute approximate surface area is 100 Å². The number of amides is 1. The van der Waals surface area contributed by atoms with Crippen molar-refractivity contribution in [3.63, 3.8) is 0 Å². The van der Waals surface area contributed by atoms with Crippen molar-refractivity contribution in [1.82, 2.24) is 5.16 Å². The fourth-order valence-corrected chi connectivity index (χ4v) is 1.36. The fraction of sp³-hybridized carbons (Fsp3) is 0. The molecule has 1 amide bonds. The first kappa shape index (κ1) is 11.8. The molecule has 6 nitrogen and oxygen atoms in total. The molecule has 18 heavy (non-hydrogen) atoms. The summed E-state index contributed by atoms with van der Waals surface area (Å²) in [7, 11) is 0. The number of hydrogen-bond donors (Lipinski definition) is 2. The highest BCUT2D eigenvalue weighted by Gasteiger charge is 2.18. The summed E-state index contributed by atoms with van der Waals surface area (Å²) in [5.41, 5.74) is -0.777. The van der Waals surface area contributed by atoms with Crippen molar-refractivity contribution < 1.29 is 23.6 Å². The second-order valence-corrected chi connectivity index (χ2v) is 3.31. The first-order valence-corrected chi connectivity index (χ1v) is 4.83. The van der Waals surface area contributed by atoms with Crippen LogP contribution in [-0.2, 0) is 0 Å². The van der Waals surface area contributed by atoms with Gasteiger partial charge in [-0.25, -0.2) is 9.18 Å². The van der Waals surface area contributed by atoms with Gasteiger partial charge in [-0.2, -0.15) is 0 Å². The van der Waals surface area contributed by atoms with E-state index in [-0.39, 0.29) is 11.4 Å². The maximum absolute atomic E-state index is 13.3. The van der Waals surface area contributed by atoms with Crippen LogP contribution in [-0.4, -0.2) is 22.1 Å². The molecule has 92 valence electrons. The Morgan fingerprint density at radius 3 is 2.72 bits per heavy atom. The zero-order chi connectivity index (χ0) is 13.1. The average Bonchev–Trinajstić information content (AvgIpc) is 2.81. The molecule has 1 aromatic heterocycles. The summed E-state index contributed by atoms with van der Waals surface area (Å²) in [6.45, 7) is 0. The summed E-state index contributed by atoms with van der Waals surface area (Å²) >= 11 is 0. The van der Waals surface area contributed by atoms with Crippen molar-refractivity contribution in [3.05, 3.63) is 47.6 Å². The minimum absolute atomic E-state index is 0.0319. The minimum Gasteiger partial charge on any atom is -0.478 e. The van der Waals surface area contributed by atoms with E-state index in [9.17, 15) is 14.0 Å². The molecule has 2 N–H and O–H groups in total. The van der Waals surface area contributed by atoms with E-state index in [1.54, 1.807) is 0 Å². The molecule has 0 aliphatic heterocycles. The van der Waals surface area contributed by atoms with Gasteiger partial charge >= 0.3 is 5.97 Å². The number of halogens is 1. The molecule has 0 unspecified atom stereocenters. The molecule has 7 heteroatoms. The van der Waals surface area contributed by atoms with Crippen molar-refractivity contribution >= 4 is 17.6 Å². The molecular formula is C11H7FN2O4.